The predicted octanol–water partition coefficient (Wildman–Crippen LogP) is 1.70. The number of pyridine rings is 1. The van der Waals surface area contributed by atoms with Crippen molar-refractivity contribution in [2.24, 2.45) is 0 Å². The number of hydrogen-bond acceptors (Lipinski definition) is 6. The lowest BCUT2D eigenvalue weighted by molar-refractivity contribution is 0.0731. The number of amides is 1. The molecule has 4 rings (SSSR count). The van der Waals surface area contributed by atoms with Gasteiger partial charge in [0, 0.05) is 38.1 Å². The predicted molar refractivity (Wildman–Crippen MR) is 99.7 cm³/mol. The number of aromatic amines is 1. The van der Waals surface area contributed by atoms with Crippen molar-refractivity contribution in [1.82, 2.24) is 20.0 Å². The SMILES string of the molecule is Cc1ccc(N2CCN(C(=O)c3noc(-c4ccc[nH]c4=O)n3)CC2)cc1. The van der Waals surface area contributed by atoms with Crippen LogP contribution in [-0.2, 0) is 0 Å². The topological polar surface area (TPSA) is 95.3 Å². The molecule has 1 aromatic carbocycles. The number of anilines is 1. The molecule has 0 unspecified atom stereocenters. The van der Waals surface area contributed by atoms with E-state index < -0.39 is 0 Å². The fraction of sp³-hybridized carbons (Fsp3) is 0.263. The minimum Gasteiger partial charge on any atom is -0.368 e. The van der Waals surface area contributed by atoms with Crippen molar-refractivity contribution in [3.05, 3.63) is 64.3 Å². The van der Waals surface area contributed by atoms with Gasteiger partial charge in [0.25, 0.3) is 23.2 Å². The zero-order valence-corrected chi connectivity index (χ0v) is 14.9. The van der Waals surface area contributed by atoms with Gasteiger partial charge in [-0.1, -0.05) is 22.9 Å². The molecule has 1 fully saturated rings. The average molecular weight is 365 g/mol. The maximum atomic E-state index is 12.7. The van der Waals surface area contributed by atoms with Crippen LogP contribution in [0.3, 0.4) is 0 Å². The molecule has 0 atom stereocenters. The van der Waals surface area contributed by atoms with Crippen LogP contribution >= 0.6 is 0 Å². The van der Waals surface area contributed by atoms with Crippen molar-refractivity contribution in [2.75, 3.05) is 31.1 Å². The highest BCUT2D eigenvalue weighted by Gasteiger charge is 2.26. The van der Waals surface area contributed by atoms with Gasteiger partial charge in [0.2, 0.25) is 0 Å². The van der Waals surface area contributed by atoms with E-state index in [1.807, 2.05) is 0 Å². The molecule has 1 aliphatic rings. The van der Waals surface area contributed by atoms with Gasteiger partial charge in [0.05, 0.1) is 0 Å². The fourth-order valence-corrected chi connectivity index (χ4v) is 3.07. The summed E-state index contributed by atoms with van der Waals surface area (Å²) in [5.74, 6) is -0.281. The van der Waals surface area contributed by atoms with Crippen LogP contribution in [0.4, 0.5) is 5.69 Å². The molecular weight excluding hydrogens is 346 g/mol. The summed E-state index contributed by atoms with van der Waals surface area (Å²) in [4.78, 5) is 35.0. The number of nitrogens with one attached hydrogen (secondary N) is 1. The highest BCUT2D eigenvalue weighted by atomic mass is 16.5. The summed E-state index contributed by atoms with van der Waals surface area (Å²) < 4.78 is 5.11. The summed E-state index contributed by atoms with van der Waals surface area (Å²) in [5.41, 5.74) is 2.27. The summed E-state index contributed by atoms with van der Waals surface area (Å²) in [6, 6.07) is 11.6. The molecule has 0 aliphatic carbocycles. The number of hydrogen-bond donors (Lipinski definition) is 1. The lowest BCUT2D eigenvalue weighted by atomic mass is 10.2. The Kier molecular flexibility index (Phi) is 4.45. The van der Waals surface area contributed by atoms with Gasteiger partial charge in [0.1, 0.15) is 5.56 Å². The number of H-pyrrole nitrogens is 1. The first-order valence-corrected chi connectivity index (χ1v) is 8.74. The van der Waals surface area contributed by atoms with Crippen molar-refractivity contribution in [3.8, 4) is 11.5 Å². The third-order valence-corrected chi connectivity index (χ3v) is 4.63. The molecule has 2 aromatic heterocycles. The quantitative estimate of drug-likeness (QED) is 0.759. The zero-order valence-electron chi connectivity index (χ0n) is 14.9. The van der Waals surface area contributed by atoms with Crippen LogP contribution in [0.25, 0.3) is 11.5 Å². The van der Waals surface area contributed by atoms with Gasteiger partial charge < -0.3 is 19.3 Å². The molecule has 3 aromatic rings. The molecular formula is C19H19N5O3. The van der Waals surface area contributed by atoms with E-state index >= 15 is 0 Å². The second-order valence-corrected chi connectivity index (χ2v) is 6.45. The Morgan fingerprint density at radius 1 is 1.11 bits per heavy atom. The number of carbonyl (C=O) groups excluding carboxylic acids is 1. The Balaban J connectivity index is 1.43. The van der Waals surface area contributed by atoms with Gasteiger partial charge in [-0.15, -0.1) is 0 Å². The summed E-state index contributed by atoms with van der Waals surface area (Å²) in [6.07, 6.45) is 1.52. The molecule has 1 amide bonds. The first-order valence-electron chi connectivity index (χ1n) is 8.74. The summed E-state index contributed by atoms with van der Waals surface area (Å²) in [5, 5.41) is 3.75. The lowest BCUT2D eigenvalue weighted by Crippen LogP contribution is -2.49. The molecule has 0 saturated carbocycles. The Morgan fingerprint density at radius 2 is 1.85 bits per heavy atom. The van der Waals surface area contributed by atoms with Crippen LogP contribution < -0.4 is 10.5 Å². The largest absolute Gasteiger partial charge is 0.368 e. The first kappa shape index (κ1) is 17.0. The number of piperazine rings is 1. The number of aromatic nitrogens is 3. The number of aryl methyl sites for hydroxylation is 1. The zero-order chi connectivity index (χ0) is 18.8. The molecule has 1 N–H and O–H groups in total. The number of nitrogens with zero attached hydrogens (tertiary/aromatic N) is 4. The van der Waals surface area contributed by atoms with Crippen LogP contribution in [0.5, 0.6) is 0 Å². The molecule has 8 nitrogen and oxygen atoms in total. The molecule has 138 valence electrons. The standard InChI is InChI=1S/C19H19N5O3/c1-13-4-6-14(7-5-13)23-9-11-24(12-10-23)19(26)16-21-18(27-22-16)15-3-2-8-20-17(15)25/h2-8H,9-12H2,1H3,(H,20,25). The van der Waals surface area contributed by atoms with Gasteiger partial charge >= 0.3 is 0 Å². The van der Waals surface area contributed by atoms with Gasteiger partial charge in [-0.2, -0.15) is 4.98 Å². The van der Waals surface area contributed by atoms with Gasteiger partial charge in [-0.25, -0.2) is 0 Å². The maximum Gasteiger partial charge on any atom is 0.295 e. The first-order chi connectivity index (χ1) is 13.1. The second kappa shape index (κ2) is 7.06. The average Bonchev–Trinajstić information content (AvgIpc) is 3.18. The number of carbonyl (C=O) groups is 1. The highest BCUT2D eigenvalue weighted by Crippen LogP contribution is 2.18. The van der Waals surface area contributed by atoms with Crippen molar-refractivity contribution in [3.63, 3.8) is 0 Å². The van der Waals surface area contributed by atoms with E-state index in [9.17, 15) is 9.59 Å². The van der Waals surface area contributed by atoms with E-state index in [0.29, 0.717) is 13.1 Å². The van der Waals surface area contributed by atoms with Crippen LogP contribution in [0.1, 0.15) is 16.2 Å². The van der Waals surface area contributed by atoms with E-state index in [1.54, 1.807) is 17.0 Å². The van der Waals surface area contributed by atoms with Crippen molar-refractivity contribution in [2.45, 2.75) is 6.92 Å². The van der Waals surface area contributed by atoms with Crippen LogP contribution in [-0.4, -0.2) is 52.1 Å². The Labute approximate surface area is 155 Å². The summed E-state index contributed by atoms with van der Waals surface area (Å²) in [6.45, 7) is 4.67. The summed E-state index contributed by atoms with van der Waals surface area (Å²) in [7, 11) is 0. The molecule has 1 aliphatic heterocycles. The molecule has 0 radical (unpaired) electrons. The second-order valence-electron chi connectivity index (χ2n) is 6.45. The molecule has 27 heavy (non-hydrogen) atoms. The minimum atomic E-state index is -0.341. The number of benzene rings is 1. The Bertz CT molecular complexity index is 1000. The van der Waals surface area contributed by atoms with Crippen molar-refractivity contribution in [1.29, 1.82) is 0 Å². The van der Waals surface area contributed by atoms with Crippen molar-refractivity contribution < 1.29 is 9.32 Å². The monoisotopic (exact) mass is 365 g/mol. The molecule has 0 bridgehead atoms. The third-order valence-electron chi connectivity index (χ3n) is 4.63. The maximum absolute atomic E-state index is 12.7. The summed E-state index contributed by atoms with van der Waals surface area (Å²) >= 11 is 0. The Morgan fingerprint density at radius 3 is 2.56 bits per heavy atom. The normalized spacial score (nSPS) is 14.4. The Hall–Kier alpha value is -3.42. The molecule has 3 heterocycles. The fourth-order valence-electron chi connectivity index (χ4n) is 3.07. The van der Waals surface area contributed by atoms with Gasteiger partial charge in [-0.3, -0.25) is 9.59 Å². The molecule has 0 spiro atoms. The third kappa shape index (κ3) is 3.46. The highest BCUT2D eigenvalue weighted by molar-refractivity contribution is 5.90. The molecule has 8 heteroatoms. The van der Waals surface area contributed by atoms with E-state index in [4.69, 9.17) is 4.52 Å². The van der Waals surface area contributed by atoms with Gasteiger partial charge in [0.15, 0.2) is 0 Å². The van der Waals surface area contributed by atoms with E-state index in [0.717, 1.165) is 18.8 Å². The van der Waals surface area contributed by atoms with Crippen molar-refractivity contribution >= 4 is 11.6 Å². The van der Waals surface area contributed by atoms with E-state index in [2.05, 4.69) is 51.2 Å². The number of rotatable bonds is 3. The van der Waals surface area contributed by atoms with Crippen LogP contribution in [0.2, 0.25) is 0 Å². The van der Waals surface area contributed by atoms with Crippen LogP contribution in [0, 0.1) is 6.92 Å². The van der Waals surface area contributed by atoms with E-state index in [-0.39, 0.29) is 28.7 Å². The molecule has 1 saturated heterocycles. The smallest absolute Gasteiger partial charge is 0.295 e. The van der Waals surface area contributed by atoms with Gasteiger partial charge in [-0.05, 0) is 31.2 Å². The lowest BCUT2D eigenvalue weighted by Gasteiger charge is -2.35. The van der Waals surface area contributed by atoms with E-state index in [1.165, 1.54) is 11.8 Å². The minimum absolute atomic E-state index is 0.0305. The van der Waals surface area contributed by atoms with Crippen LogP contribution in [0.15, 0.2) is 51.9 Å².